The Balaban J connectivity index is 2.33. The molecule has 4 N–H and O–H groups in total. The summed E-state index contributed by atoms with van der Waals surface area (Å²) >= 11 is 1.23. The van der Waals surface area contributed by atoms with E-state index in [9.17, 15) is 4.79 Å². The van der Waals surface area contributed by atoms with Crippen molar-refractivity contribution in [3.05, 3.63) is 16.6 Å². The minimum atomic E-state index is -0.275. The zero-order valence-corrected chi connectivity index (χ0v) is 10.1. The molecule has 9 heteroatoms. The van der Waals surface area contributed by atoms with Crippen LogP contribution in [0.25, 0.3) is 0 Å². The minimum absolute atomic E-state index is 0.167. The molecule has 8 nitrogen and oxygen atoms in total. The van der Waals surface area contributed by atoms with Gasteiger partial charge in [0, 0.05) is 20.2 Å². The standard InChI is InChI=1S/C8H11N7OS/c1-10-4-3-5(12-6(9)11-4)17-8-14-13-7(16)15(8)2/h3H,1-2H3,(H,13,16)(H3,9,10,11,12). The van der Waals surface area contributed by atoms with Crippen molar-refractivity contribution in [2.24, 2.45) is 7.05 Å². The maximum atomic E-state index is 11.2. The van der Waals surface area contributed by atoms with Crippen LogP contribution in [-0.2, 0) is 7.05 Å². The van der Waals surface area contributed by atoms with Gasteiger partial charge in [0.1, 0.15) is 10.8 Å². The second-order valence-corrected chi connectivity index (χ2v) is 4.16. The molecule has 0 saturated heterocycles. The van der Waals surface area contributed by atoms with Crippen LogP contribution in [-0.4, -0.2) is 31.8 Å². The molecule has 2 aromatic rings. The number of nitrogens with one attached hydrogen (secondary N) is 2. The van der Waals surface area contributed by atoms with Gasteiger partial charge < -0.3 is 11.1 Å². The van der Waals surface area contributed by atoms with Crippen molar-refractivity contribution in [1.82, 2.24) is 24.7 Å². The van der Waals surface area contributed by atoms with Gasteiger partial charge in [0.05, 0.1) is 0 Å². The quantitative estimate of drug-likeness (QED) is 0.642. The lowest BCUT2D eigenvalue weighted by Crippen LogP contribution is -2.12. The number of hydrogen-bond acceptors (Lipinski definition) is 7. The summed E-state index contributed by atoms with van der Waals surface area (Å²) in [4.78, 5) is 19.2. The molecule has 0 aromatic carbocycles. The first-order valence-electron chi connectivity index (χ1n) is 4.71. The largest absolute Gasteiger partial charge is 0.373 e. The van der Waals surface area contributed by atoms with Crippen molar-refractivity contribution in [3.8, 4) is 0 Å². The van der Waals surface area contributed by atoms with Crippen LogP contribution < -0.4 is 16.7 Å². The second-order valence-electron chi connectivity index (χ2n) is 3.17. The van der Waals surface area contributed by atoms with Crippen LogP contribution in [0.15, 0.2) is 21.0 Å². The van der Waals surface area contributed by atoms with E-state index in [4.69, 9.17) is 5.73 Å². The highest BCUT2D eigenvalue weighted by molar-refractivity contribution is 7.99. The highest BCUT2D eigenvalue weighted by Gasteiger charge is 2.09. The van der Waals surface area contributed by atoms with Gasteiger partial charge in [0.15, 0.2) is 5.16 Å². The van der Waals surface area contributed by atoms with Gasteiger partial charge in [-0.1, -0.05) is 0 Å². The number of H-pyrrole nitrogens is 1. The van der Waals surface area contributed by atoms with Crippen molar-refractivity contribution in [3.63, 3.8) is 0 Å². The molecule has 0 aliphatic rings. The Morgan fingerprint density at radius 1 is 1.53 bits per heavy atom. The van der Waals surface area contributed by atoms with Crippen LogP contribution in [0, 0.1) is 0 Å². The molecule has 0 unspecified atom stereocenters. The summed E-state index contributed by atoms with van der Waals surface area (Å²) in [7, 11) is 3.36. The number of anilines is 2. The van der Waals surface area contributed by atoms with E-state index in [2.05, 4.69) is 25.5 Å². The molecule has 0 saturated carbocycles. The number of nitrogens with two attached hydrogens (primary N) is 1. The average molecular weight is 253 g/mol. The zero-order valence-electron chi connectivity index (χ0n) is 9.26. The van der Waals surface area contributed by atoms with Gasteiger partial charge in [-0.25, -0.2) is 14.9 Å². The monoisotopic (exact) mass is 253 g/mol. The van der Waals surface area contributed by atoms with E-state index in [0.717, 1.165) is 0 Å². The molecule has 2 rings (SSSR count). The van der Waals surface area contributed by atoms with Gasteiger partial charge >= 0.3 is 5.69 Å². The minimum Gasteiger partial charge on any atom is -0.373 e. The summed E-state index contributed by atoms with van der Waals surface area (Å²) < 4.78 is 1.39. The Hall–Kier alpha value is -2.03. The van der Waals surface area contributed by atoms with E-state index in [0.29, 0.717) is 16.0 Å². The Morgan fingerprint density at radius 3 is 2.88 bits per heavy atom. The topological polar surface area (TPSA) is 115 Å². The molecule has 0 spiro atoms. The summed E-state index contributed by atoms with van der Waals surface area (Å²) in [5.41, 5.74) is 5.28. The first-order chi connectivity index (χ1) is 8.10. The Kier molecular flexibility index (Phi) is 3.00. The highest BCUT2D eigenvalue weighted by atomic mass is 32.2. The van der Waals surface area contributed by atoms with Crippen LogP contribution >= 0.6 is 11.8 Å². The molecule has 2 heterocycles. The fourth-order valence-corrected chi connectivity index (χ4v) is 1.95. The SMILES string of the molecule is CNc1cc(Sc2n[nH]c(=O)n2C)nc(N)n1. The normalized spacial score (nSPS) is 10.5. The van der Waals surface area contributed by atoms with E-state index < -0.39 is 0 Å². The lowest BCUT2D eigenvalue weighted by molar-refractivity contribution is 0.764. The molecule has 90 valence electrons. The fraction of sp³-hybridized carbons (Fsp3) is 0.250. The zero-order chi connectivity index (χ0) is 12.4. The van der Waals surface area contributed by atoms with Crippen LogP contribution in [0.2, 0.25) is 0 Å². The molecule has 2 aromatic heterocycles. The van der Waals surface area contributed by atoms with Crippen molar-refractivity contribution >= 4 is 23.5 Å². The molecule has 0 radical (unpaired) electrons. The second kappa shape index (κ2) is 4.45. The van der Waals surface area contributed by atoms with Gasteiger partial charge in [-0.3, -0.25) is 4.57 Å². The van der Waals surface area contributed by atoms with E-state index in [1.807, 2.05) is 0 Å². The van der Waals surface area contributed by atoms with Crippen LogP contribution in [0.3, 0.4) is 0 Å². The van der Waals surface area contributed by atoms with Crippen molar-refractivity contribution in [2.45, 2.75) is 10.2 Å². The molecule has 0 aliphatic heterocycles. The van der Waals surface area contributed by atoms with Crippen molar-refractivity contribution in [1.29, 1.82) is 0 Å². The third kappa shape index (κ3) is 2.38. The first kappa shape index (κ1) is 11.5. The molecule has 0 bridgehead atoms. The average Bonchev–Trinajstić information content (AvgIpc) is 2.60. The Bertz CT molecular complexity index is 590. The molecule has 17 heavy (non-hydrogen) atoms. The van der Waals surface area contributed by atoms with Gasteiger partial charge in [-0.15, -0.1) is 5.10 Å². The van der Waals surface area contributed by atoms with Crippen LogP contribution in [0.1, 0.15) is 0 Å². The molecule has 0 aliphatic carbocycles. The lowest BCUT2D eigenvalue weighted by Gasteiger charge is -2.03. The Labute approximate surface area is 101 Å². The third-order valence-electron chi connectivity index (χ3n) is 2.01. The summed E-state index contributed by atoms with van der Waals surface area (Å²) in [5.74, 6) is 0.778. The van der Waals surface area contributed by atoms with E-state index in [1.165, 1.54) is 16.3 Å². The maximum absolute atomic E-state index is 11.2. The predicted octanol–water partition coefficient (Wildman–Crippen LogP) is -0.327. The molecular formula is C8H11N7OS. The Morgan fingerprint density at radius 2 is 2.29 bits per heavy atom. The lowest BCUT2D eigenvalue weighted by atomic mass is 10.6. The maximum Gasteiger partial charge on any atom is 0.343 e. The predicted molar refractivity (Wildman–Crippen MR) is 63.9 cm³/mol. The van der Waals surface area contributed by atoms with Crippen molar-refractivity contribution in [2.75, 3.05) is 18.1 Å². The van der Waals surface area contributed by atoms with Gasteiger partial charge in [0.25, 0.3) is 0 Å². The molecule has 0 amide bonds. The highest BCUT2D eigenvalue weighted by Crippen LogP contribution is 2.24. The van der Waals surface area contributed by atoms with E-state index in [-0.39, 0.29) is 11.6 Å². The summed E-state index contributed by atoms with van der Waals surface area (Å²) in [6.45, 7) is 0. The van der Waals surface area contributed by atoms with Gasteiger partial charge in [-0.05, 0) is 11.8 Å². The molecular weight excluding hydrogens is 242 g/mol. The number of rotatable bonds is 3. The van der Waals surface area contributed by atoms with Crippen LogP contribution in [0.4, 0.5) is 11.8 Å². The van der Waals surface area contributed by atoms with Crippen LogP contribution in [0.5, 0.6) is 0 Å². The number of nitrogens with zero attached hydrogens (tertiary/aromatic N) is 4. The van der Waals surface area contributed by atoms with E-state index in [1.54, 1.807) is 20.2 Å². The van der Waals surface area contributed by atoms with Gasteiger partial charge in [0.2, 0.25) is 5.95 Å². The van der Waals surface area contributed by atoms with Gasteiger partial charge in [-0.2, -0.15) is 4.98 Å². The van der Waals surface area contributed by atoms with E-state index >= 15 is 0 Å². The number of hydrogen-bond donors (Lipinski definition) is 3. The number of nitrogen functional groups attached to an aromatic ring is 1. The summed E-state index contributed by atoms with van der Waals surface area (Å²) in [6, 6.07) is 1.72. The summed E-state index contributed by atoms with van der Waals surface area (Å²) in [5, 5.41) is 10.2. The smallest absolute Gasteiger partial charge is 0.343 e. The van der Waals surface area contributed by atoms with Crippen molar-refractivity contribution < 1.29 is 0 Å². The summed E-state index contributed by atoms with van der Waals surface area (Å²) in [6.07, 6.45) is 0. The molecule has 0 atom stereocenters. The number of aromatic amines is 1. The number of aromatic nitrogens is 5. The molecule has 0 fully saturated rings. The fourth-order valence-electron chi connectivity index (χ4n) is 1.14. The third-order valence-corrected chi connectivity index (χ3v) is 2.98. The first-order valence-corrected chi connectivity index (χ1v) is 5.53.